The van der Waals surface area contributed by atoms with Crippen LogP contribution < -0.4 is 16.0 Å². The molecule has 3 aliphatic rings. The Morgan fingerprint density at radius 2 is 0.979 bits per heavy atom. The van der Waals surface area contributed by atoms with Gasteiger partial charge in [-0.15, -0.1) is 0 Å². The Kier molecular flexibility index (Phi) is 31.3. The maximum absolute atomic E-state index is 15.5. The quantitative estimate of drug-likeness (QED) is 0.162. The standard InChI is InChI=1S/C68H120N12O14S/c1-25-27-28-43(13)57(81)56-60(84)70-48(26-2)62(86)77(22)53(37-95(93,94)47-29-31-72(17)32-30-47)65(89)73(18)49(33-38(3)4)59(83)71-54(41(9)10)67(91)76(21)52-36-44(14)80(66(52)90)46(16)58(82)69-45(15)61(85)74(19)50(34-39(5)6)63(87)75(20)51(35-40(7)8)64(88)78(23)55(42(11)12)68(92)79(56)24/h25,27,38-57,81H,26,28-37H2,1-24H3,(H,69,82)(H,70,84)(H,71,83)/b27-25+/t43-,44?,45+,46-,48-,49+,50-,51-,52-,53-,54-,55-,56-,57-/m1/s1. The maximum Gasteiger partial charge on any atom is 0.246 e. The van der Waals surface area contributed by atoms with Gasteiger partial charge in [0.2, 0.25) is 65.0 Å². The van der Waals surface area contributed by atoms with Crippen molar-refractivity contribution in [2.75, 3.05) is 75.2 Å². The Balaban J connectivity index is 2.43. The number of carbonyl (C=O) groups is 11. The van der Waals surface area contributed by atoms with Gasteiger partial charge >= 0.3 is 0 Å². The molecule has 0 radical (unpaired) electrons. The third-order valence-corrected chi connectivity index (χ3v) is 21.8. The molecule has 11 amide bonds. The lowest BCUT2D eigenvalue weighted by atomic mass is 9.91. The summed E-state index contributed by atoms with van der Waals surface area (Å²) in [6, 6.07) is -15.4. The van der Waals surface area contributed by atoms with Crippen molar-refractivity contribution >= 4 is 74.8 Å². The minimum absolute atomic E-state index is 0.00690. The molecule has 0 spiro atoms. The first kappa shape index (κ1) is 83.0. The summed E-state index contributed by atoms with van der Waals surface area (Å²) in [5.74, 6) is -11.6. The van der Waals surface area contributed by atoms with E-state index >= 15 is 28.8 Å². The minimum atomic E-state index is -4.20. The Labute approximate surface area is 567 Å². The molecule has 27 heteroatoms. The largest absolute Gasteiger partial charge is 0.390 e. The number of nitrogens with zero attached hydrogens (tertiary/aromatic N) is 9. The number of hydrogen-bond acceptors (Lipinski definition) is 15. The van der Waals surface area contributed by atoms with Gasteiger partial charge in [0.25, 0.3) is 0 Å². The SMILES string of the molecule is C/C=C/C[C@@H](C)[C@@H](O)[C@@H]1C(=O)N[C@H](CC)C(=O)N(C)[C@H](CS(=O)(=O)C2CCN(C)CC2)C(=O)N(C)[C@@H](CC(C)C)C(=O)N[C@H](C(C)C)C(=O)N(C)[C@@H]2CC(C)N(C2=O)[C@H](C)C(=O)N[C@@H](C)C(=O)N(C)[C@H](CC(C)C)C(=O)N(C)[C@H](CC(C)C)C(=O)N(C)[C@H](C(C)C)C(=O)N1C. The lowest BCUT2D eigenvalue weighted by Crippen LogP contribution is -2.64. The van der Waals surface area contributed by atoms with E-state index in [0.29, 0.717) is 13.1 Å². The van der Waals surface area contributed by atoms with Crippen molar-refractivity contribution in [3.8, 4) is 0 Å². The summed E-state index contributed by atoms with van der Waals surface area (Å²) >= 11 is 0. The van der Waals surface area contributed by atoms with Crippen LogP contribution in [0.5, 0.6) is 0 Å². The summed E-state index contributed by atoms with van der Waals surface area (Å²) in [5, 5.41) is 19.8. The molecule has 0 aromatic heterocycles. The highest BCUT2D eigenvalue weighted by Gasteiger charge is 2.50. The average molecular weight is 1360 g/mol. The molecule has 3 saturated heterocycles. The number of piperidine rings is 1. The zero-order valence-electron chi connectivity index (χ0n) is 61.7. The van der Waals surface area contributed by atoms with E-state index in [-0.39, 0.29) is 69.1 Å². The van der Waals surface area contributed by atoms with E-state index < -0.39 is 182 Å². The molecular formula is C68H120N12O14S. The zero-order chi connectivity index (χ0) is 72.9. The predicted octanol–water partition coefficient (Wildman–Crippen LogP) is 2.61. The number of amides is 11. The molecule has 0 aromatic carbocycles. The molecular weight excluding hydrogens is 1240 g/mol. The molecule has 542 valence electrons. The number of aliphatic hydroxyl groups excluding tert-OH is 1. The smallest absolute Gasteiger partial charge is 0.246 e. The monoisotopic (exact) mass is 1360 g/mol. The molecule has 3 fully saturated rings. The Bertz CT molecular complexity index is 2840. The van der Waals surface area contributed by atoms with E-state index in [1.54, 1.807) is 67.5 Å². The number of fused-ring (bicyclic) bond motifs is 2. The van der Waals surface area contributed by atoms with Crippen LogP contribution in [-0.4, -0.2) is 282 Å². The molecule has 3 heterocycles. The lowest BCUT2D eigenvalue weighted by Gasteiger charge is -2.41. The number of carbonyl (C=O) groups excluding carboxylic acids is 11. The van der Waals surface area contributed by atoms with Gasteiger partial charge in [-0.05, 0) is 135 Å². The number of hydrogen-bond donors (Lipinski definition) is 4. The number of likely N-dealkylation sites (N-methyl/N-ethyl adjacent to an activating group) is 7. The second-order valence-electron chi connectivity index (χ2n) is 29.3. The molecule has 95 heavy (non-hydrogen) atoms. The summed E-state index contributed by atoms with van der Waals surface area (Å²) < 4.78 is 29.4. The summed E-state index contributed by atoms with van der Waals surface area (Å²) in [6.07, 6.45) is 2.90. The van der Waals surface area contributed by atoms with Crippen molar-refractivity contribution in [2.45, 2.75) is 246 Å². The van der Waals surface area contributed by atoms with Gasteiger partial charge in [0.15, 0.2) is 9.84 Å². The maximum atomic E-state index is 15.5. The summed E-state index contributed by atoms with van der Waals surface area (Å²) in [5.41, 5.74) is 0. The van der Waals surface area contributed by atoms with Crippen molar-refractivity contribution in [3.63, 3.8) is 0 Å². The number of sulfone groups is 1. The van der Waals surface area contributed by atoms with Crippen LogP contribution in [-0.2, 0) is 62.6 Å². The van der Waals surface area contributed by atoms with E-state index in [9.17, 15) is 37.5 Å². The second-order valence-corrected chi connectivity index (χ2v) is 31.6. The Hall–Kier alpha value is -6.22. The molecule has 3 aliphatic heterocycles. The van der Waals surface area contributed by atoms with Gasteiger partial charge in [-0.25, -0.2) is 8.42 Å². The first-order valence-electron chi connectivity index (χ1n) is 34.2. The fourth-order valence-electron chi connectivity index (χ4n) is 13.4. The molecule has 0 aromatic rings. The average Bonchev–Trinajstić information content (AvgIpc) is 1.77. The summed E-state index contributed by atoms with van der Waals surface area (Å²) in [7, 11) is 7.27. The summed E-state index contributed by atoms with van der Waals surface area (Å²) in [6.45, 7) is 28.5. The number of allylic oxidation sites excluding steroid dienone is 2. The number of likely N-dealkylation sites (tertiary alicyclic amines) is 1. The predicted molar refractivity (Wildman–Crippen MR) is 365 cm³/mol. The minimum Gasteiger partial charge on any atom is -0.390 e. The van der Waals surface area contributed by atoms with Gasteiger partial charge in [0.1, 0.15) is 66.5 Å². The van der Waals surface area contributed by atoms with Crippen molar-refractivity contribution in [1.82, 2.24) is 60.0 Å². The topological polar surface area (TPSA) is 307 Å². The van der Waals surface area contributed by atoms with Crippen LogP contribution in [0.2, 0.25) is 0 Å². The molecule has 0 saturated carbocycles. The summed E-state index contributed by atoms with van der Waals surface area (Å²) in [4.78, 5) is 176. The van der Waals surface area contributed by atoms with Crippen LogP contribution in [0.3, 0.4) is 0 Å². The Morgan fingerprint density at radius 1 is 0.516 bits per heavy atom. The van der Waals surface area contributed by atoms with E-state index in [1.807, 2.05) is 53.5 Å². The van der Waals surface area contributed by atoms with E-state index in [2.05, 4.69) is 16.0 Å². The molecule has 4 N–H and O–H groups in total. The molecule has 3 rings (SSSR count). The van der Waals surface area contributed by atoms with Crippen LogP contribution in [0.15, 0.2) is 12.2 Å². The molecule has 1 unspecified atom stereocenters. The second kappa shape index (κ2) is 35.9. The van der Waals surface area contributed by atoms with Crippen molar-refractivity contribution in [1.29, 1.82) is 0 Å². The first-order chi connectivity index (χ1) is 43.9. The van der Waals surface area contributed by atoms with Gasteiger partial charge in [0, 0.05) is 55.4 Å². The number of rotatable bonds is 16. The fraction of sp³-hybridized carbons (Fsp3) is 0.809. The fourth-order valence-corrected chi connectivity index (χ4v) is 15.4. The van der Waals surface area contributed by atoms with Gasteiger partial charge in [-0.3, -0.25) is 52.7 Å². The van der Waals surface area contributed by atoms with Crippen LogP contribution in [0.4, 0.5) is 0 Å². The van der Waals surface area contributed by atoms with E-state index in [1.165, 1.54) is 87.7 Å². The highest BCUT2D eigenvalue weighted by atomic mass is 32.2. The molecule has 26 nitrogen and oxygen atoms in total. The van der Waals surface area contributed by atoms with E-state index in [0.717, 1.165) is 14.7 Å². The highest BCUT2D eigenvalue weighted by Crippen LogP contribution is 2.30. The highest BCUT2D eigenvalue weighted by molar-refractivity contribution is 7.92. The van der Waals surface area contributed by atoms with Crippen LogP contribution >= 0.6 is 0 Å². The lowest BCUT2D eigenvalue weighted by molar-refractivity contribution is -0.157. The van der Waals surface area contributed by atoms with Crippen LogP contribution in [0.1, 0.15) is 162 Å². The van der Waals surface area contributed by atoms with Crippen molar-refractivity contribution < 1.29 is 66.3 Å². The zero-order valence-corrected chi connectivity index (χ0v) is 62.5. The van der Waals surface area contributed by atoms with Crippen molar-refractivity contribution in [2.24, 2.45) is 35.5 Å². The Morgan fingerprint density at radius 3 is 1.46 bits per heavy atom. The third kappa shape index (κ3) is 20.7. The van der Waals surface area contributed by atoms with Crippen LogP contribution in [0.25, 0.3) is 0 Å². The normalized spacial score (nSPS) is 29.0. The van der Waals surface area contributed by atoms with Gasteiger partial charge in [0.05, 0.1) is 17.1 Å². The molecule has 2 bridgehead atoms. The molecule has 0 aliphatic carbocycles. The first-order valence-corrected chi connectivity index (χ1v) is 35.9. The van der Waals surface area contributed by atoms with Gasteiger partial charge < -0.3 is 65.2 Å². The molecule has 14 atom stereocenters. The van der Waals surface area contributed by atoms with Crippen molar-refractivity contribution in [3.05, 3.63) is 12.2 Å². The number of aliphatic hydroxyl groups is 1. The number of nitrogens with one attached hydrogen (secondary N) is 3. The van der Waals surface area contributed by atoms with Crippen LogP contribution in [0, 0.1) is 35.5 Å². The van der Waals surface area contributed by atoms with Gasteiger partial charge in [-0.2, -0.15) is 0 Å². The third-order valence-electron chi connectivity index (χ3n) is 19.6. The van der Waals surface area contributed by atoms with E-state index in [4.69, 9.17) is 0 Å². The van der Waals surface area contributed by atoms with Gasteiger partial charge in [-0.1, -0.05) is 95.2 Å².